The summed E-state index contributed by atoms with van der Waals surface area (Å²) in [5, 5.41) is 2.54. The molecular weight excluding hydrogens is 350 g/mol. The van der Waals surface area contributed by atoms with Crippen molar-refractivity contribution in [1.82, 2.24) is 0 Å². The number of para-hydroxylation sites is 1. The van der Waals surface area contributed by atoms with E-state index in [9.17, 15) is 21.6 Å². The molecule has 8 heteroatoms. The van der Waals surface area contributed by atoms with Crippen molar-refractivity contribution in [2.45, 2.75) is 16.7 Å². The molecule has 2 rings (SSSR count). The fourth-order valence-electron chi connectivity index (χ4n) is 2.07. The van der Waals surface area contributed by atoms with Gasteiger partial charge in [0.1, 0.15) is 0 Å². The third-order valence-electron chi connectivity index (χ3n) is 3.39. The fraction of sp³-hybridized carbons (Fsp3) is 0.188. The number of benzene rings is 2. The summed E-state index contributed by atoms with van der Waals surface area (Å²) in [5.41, 5.74) is 0.406. The van der Waals surface area contributed by atoms with E-state index in [1.165, 1.54) is 43.3 Å². The molecule has 0 atom stereocenters. The van der Waals surface area contributed by atoms with Crippen LogP contribution in [-0.4, -0.2) is 34.8 Å². The Morgan fingerprint density at radius 1 is 0.958 bits per heavy atom. The minimum atomic E-state index is -3.48. The summed E-state index contributed by atoms with van der Waals surface area (Å²) in [7, 11) is -6.82. The molecule has 0 aliphatic rings. The molecule has 0 aliphatic heterocycles. The van der Waals surface area contributed by atoms with E-state index in [0.717, 1.165) is 6.26 Å². The Balaban J connectivity index is 2.29. The van der Waals surface area contributed by atoms with Crippen LogP contribution in [0, 0.1) is 0 Å². The van der Waals surface area contributed by atoms with Gasteiger partial charge in [0.05, 0.1) is 21.2 Å². The van der Waals surface area contributed by atoms with Crippen LogP contribution in [-0.2, 0) is 19.7 Å². The highest BCUT2D eigenvalue weighted by Gasteiger charge is 2.16. The lowest BCUT2D eigenvalue weighted by Gasteiger charge is -2.10. The first kappa shape index (κ1) is 18.2. The first-order valence-corrected chi connectivity index (χ1v) is 10.6. The van der Waals surface area contributed by atoms with Crippen LogP contribution in [0.4, 0.5) is 5.69 Å². The Bertz CT molecular complexity index is 962. The summed E-state index contributed by atoms with van der Waals surface area (Å²) >= 11 is 0. The Morgan fingerprint density at radius 2 is 1.54 bits per heavy atom. The molecule has 1 amide bonds. The van der Waals surface area contributed by atoms with Gasteiger partial charge in [-0.05, 0) is 36.4 Å². The Kier molecular flexibility index (Phi) is 5.10. The summed E-state index contributed by atoms with van der Waals surface area (Å²) in [6.45, 7) is 1.54. The number of anilines is 1. The normalized spacial score (nSPS) is 11.9. The minimum absolute atomic E-state index is 0.0172. The van der Waals surface area contributed by atoms with E-state index < -0.39 is 25.6 Å². The van der Waals surface area contributed by atoms with Crippen molar-refractivity contribution in [1.29, 1.82) is 0 Å². The van der Waals surface area contributed by atoms with Crippen molar-refractivity contribution >= 4 is 31.3 Å². The van der Waals surface area contributed by atoms with Gasteiger partial charge in [-0.1, -0.05) is 19.1 Å². The van der Waals surface area contributed by atoms with Crippen LogP contribution in [0.5, 0.6) is 0 Å². The van der Waals surface area contributed by atoms with Gasteiger partial charge in [0.25, 0.3) is 5.91 Å². The predicted octanol–water partition coefficient (Wildman–Crippen LogP) is 2.14. The van der Waals surface area contributed by atoms with Gasteiger partial charge < -0.3 is 5.32 Å². The van der Waals surface area contributed by atoms with Gasteiger partial charge in [-0.25, -0.2) is 16.8 Å². The second kappa shape index (κ2) is 6.74. The number of hydrogen-bond donors (Lipinski definition) is 1. The van der Waals surface area contributed by atoms with Crippen molar-refractivity contribution in [3.05, 3.63) is 54.1 Å². The van der Waals surface area contributed by atoms with E-state index in [-0.39, 0.29) is 26.8 Å². The zero-order valence-electron chi connectivity index (χ0n) is 13.2. The molecule has 6 nitrogen and oxygen atoms in total. The number of nitrogens with one attached hydrogen (secondary N) is 1. The van der Waals surface area contributed by atoms with Crippen LogP contribution < -0.4 is 5.32 Å². The summed E-state index contributed by atoms with van der Waals surface area (Å²) in [6, 6.07) is 11.6. The van der Waals surface area contributed by atoms with Gasteiger partial charge in [0.2, 0.25) is 0 Å². The molecule has 0 aliphatic carbocycles. The number of rotatable bonds is 5. The molecule has 1 N–H and O–H groups in total. The quantitative estimate of drug-likeness (QED) is 0.873. The number of amides is 1. The molecule has 0 saturated carbocycles. The number of carbonyl (C=O) groups is 1. The third-order valence-corrected chi connectivity index (χ3v) is 6.30. The van der Waals surface area contributed by atoms with Crippen LogP contribution in [0.15, 0.2) is 58.3 Å². The molecule has 0 unspecified atom stereocenters. The van der Waals surface area contributed by atoms with Crippen LogP contribution in [0.25, 0.3) is 0 Å². The van der Waals surface area contributed by atoms with Crippen molar-refractivity contribution in [3.8, 4) is 0 Å². The average molecular weight is 367 g/mol. The smallest absolute Gasteiger partial charge is 0.255 e. The SMILES string of the molecule is CCS(=O)(=O)c1ccc(C(=O)Nc2ccccc2S(C)(=O)=O)cc1. The van der Waals surface area contributed by atoms with Gasteiger partial charge in [-0.2, -0.15) is 0 Å². The molecule has 0 bridgehead atoms. The van der Waals surface area contributed by atoms with Crippen LogP contribution in [0.3, 0.4) is 0 Å². The van der Waals surface area contributed by atoms with Crippen LogP contribution in [0.1, 0.15) is 17.3 Å². The monoisotopic (exact) mass is 367 g/mol. The second-order valence-corrected chi connectivity index (χ2v) is 9.41. The molecule has 2 aromatic rings. The molecular formula is C16H17NO5S2. The Morgan fingerprint density at radius 3 is 2.08 bits per heavy atom. The molecule has 0 spiro atoms. The number of carbonyl (C=O) groups excluding carboxylic acids is 1. The highest BCUT2D eigenvalue weighted by atomic mass is 32.2. The lowest BCUT2D eigenvalue weighted by atomic mass is 10.2. The average Bonchev–Trinajstić information content (AvgIpc) is 2.54. The van der Waals surface area contributed by atoms with E-state index in [0.29, 0.717) is 0 Å². The highest BCUT2D eigenvalue weighted by Crippen LogP contribution is 2.21. The summed E-state index contributed by atoms with van der Waals surface area (Å²) in [4.78, 5) is 12.4. The van der Waals surface area contributed by atoms with E-state index in [1.54, 1.807) is 12.1 Å². The fourth-order valence-corrected chi connectivity index (χ4v) is 3.80. The maximum Gasteiger partial charge on any atom is 0.255 e. The topological polar surface area (TPSA) is 97.4 Å². The van der Waals surface area contributed by atoms with E-state index in [2.05, 4.69) is 5.32 Å². The summed E-state index contributed by atoms with van der Waals surface area (Å²) < 4.78 is 47.0. The molecule has 2 aromatic carbocycles. The number of hydrogen-bond acceptors (Lipinski definition) is 5. The highest BCUT2D eigenvalue weighted by molar-refractivity contribution is 7.91. The molecule has 128 valence electrons. The van der Waals surface area contributed by atoms with Gasteiger partial charge in [0.15, 0.2) is 19.7 Å². The maximum atomic E-state index is 12.3. The lowest BCUT2D eigenvalue weighted by molar-refractivity contribution is 0.102. The van der Waals surface area contributed by atoms with Gasteiger partial charge in [-0.15, -0.1) is 0 Å². The summed E-state index contributed by atoms with van der Waals surface area (Å²) in [5.74, 6) is -0.549. The van der Waals surface area contributed by atoms with Crippen molar-refractivity contribution in [3.63, 3.8) is 0 Å². The minimum Gasteiger partial charge on any atom is -0.321 e. The molecule has 0 heterocycles. The maximum absolute atomic E-state index is 12.3. The molecule has 0 radical (unpaired) electrons. The third kappa shape index (κ3) is 4.01. The van der Waals surface area contributed by atoms with Crippen molar-refractivity contribution in [2.75, 3.05) is 17.3 Å². The van der Waals surface area contributed by atoms with Gasteiger partial charge in [0, 0.05) is 11.8 Å². The molecule has 0 fully saturated rings. The van der Waals surface area contributed by atoms with Crippen molar-refractivity contribution in [2.24, 2.45) is 0 Å². The first-order valence-electron chi connectivity index (χ1n) is 7.08. The van der Waals surface area contributed by atoms with Crippen molar-refractivity contribution < 1.29 is 21.6 Å². The van der Waals surface area contributed by atoms with Gasteiger partial charge >= 0.3 is 0 Å². The molecule has 0 aromatic heterocycles. The zero-order valence-corrected chi connectivity index (χ0v) is 14.8. The zero-order chi connectivity index (χ0) is 18.0. The van der Waals surface area contributed by atoms with Crippen LogP contribution in [0.2, 0.25) is 0 Å². The molecule has 24 heavy (non-hydrogen) atoms. The van der Waals surface area contributed by atoms with E-state index in [1.807, 2.05) is 0 Å². The Labute approximate surface area is 141 Å². The van der Waals surface area contributed by atoms with E-state index in [4.69, 9.17) is 0 Å². The molecule has 0 saturated heterocycles. The second-order valence-electron chi connectivity index (χ2n) is 5.15. The summed E-state index contributed by atoms with van der Waals surface area (Å²) in [6.07, 6.45) is 1.06. The van der Waals surface area contributed by atoms with Crippen LogP contribution >= 0.6 is 0 Å². The largest absolute Gasteiger partial charge is 0.321 e. The van der Waals surface area contributed by atoms with Gasteiger partial charge in [-0.3, -0.25) is 4.79 Å². The van der Waals surface area contributed by atoms with E-state index >= 15 is 0 Å². The lowest BCUT2D eigenvalue weighted by Crippen LogP contribution is -2.14. The standard InChI is InChI=1S/C16H17NO5S2/c1-3-24(21,22)13-10-8-12(9-11-13)16(18)17-14-6-4-5-7-15(14)23(2,19)20/h4-11H,3H2,1-2H3,(H,17,18). The Hall–Kier alpha value is -2.19. The first-order chi connectivity index (χ1) is 11.1. The number of sulfone groups is 2. The predicted molar refractivity (Wildman–Crippen MR) is 91.7 cm³/mol.